The summed E-state index contributed by atoms with van der Waals surface area (Å²) in [7, 11) is 1.77. The third-order valence-corrected chi connectivity index (χ3v) is 4.78. The predicted octanol–water partition coefficient (Wildman–Crippen LogP) is 4.13. The molecule has 3 nitrogen and oxygen atoms in total. The molecular formula is C16H16BrNO2S. The molecule has 1 aromatic heterocycles. The molecule has 2 aromatic rings. The van der Waals surface area contributed by atoms with E-state index in [2.05, 4.69) is 15.9 Å². The Labute approximate surface area is 136 Å². The van der Waals surface area contributed by atoms with E-state index in [0.717, 1.165) is 9.35 Å². The first-order valence-corrected chi connectivity index (χ1v) is 8.28. The molecule has 0 atom stereocenters. The van der Waals surface area contributed by atoms with Crippen molar-refractivity contribution < 1.29 is 9.59 Å². The molecule has 0 aliphatic heterocycles. The third kappa shape index (κ3) is 4.79. The van der Waals surface area contributed by atoms with Crippen molar-refractivity contribution >= 4 is 39.0 Å². The first-order chi connectivity index (χ1) is 10.1. The van der Waals surface area contributed by atoms with Crippen molar-refractivity contribution in [3.63, 3.8) is 0 Å². The van der Waals surface area contributed by atoms with E-state index in [-0.39, 0.29) is 24.5 Å². The quantitative estimate of drug-likeness (QED) is 0.721. The van der Waals surface area contributed by atoms with E-state index in [4.69, 9.17) is 0 Å². The molecule has 0 aliphatic rings. The Bertz CT molecular complexity index is 624. The van der Waals surface area contributed by atoms with Gasteiger partial charge in [0.05, 0.1) is 6.54 Å². The van der Waals surface area contributed by atoms with Gasteiger partial charge < -0.3 is 4.90 Å². The van der Waals surface area contributed by atoms with E-state index in [1.54, 1.807) is 35.4 Å². The average Bonchev–Trinajstić information content (AvgIpc) is 2.90. The monoisotopic (exact) mass is 365 g/mol. The predicted molar refractivity (Wildman–Crippen MR) is 88.5 cm³/mol. The second kappa shape index (κ2) is 7.52. The Kier molecular flexibility index (Phi) is 5.70. The van der Waals surface area contributed by atoms with Gasteiger partial charge in [0.25, 0.3) is 0 Å². The number of benzene rings is 1. The molecule has 1 aromatic carbocycles. The lowest BCUT2D eigenvalue weighted by atomic mass is 10.1. The van der Waals surface area contributed by atoms with Crippen LogP contribution in [0.1, 0.15) is 28.1 Å². The highest BCUT2D eigenvalue weighted by Crippen LogP contribution is 2.21. The maximum atomic E-state index is 12.1. The zero-order valence-corrected chi connectivity index (χ0v) is 14.1. The first kappa shape index (κ1) is 15.9. The van der Waals surface area contributed by atoms with Gasteiger partial charge in [0, 0.05) is 40.2 Å². The highest BCUT2D eigenvalue weighted by molar-refractivity contribution is 9.10. The van der Waals surface area contributed by atoms with Crippen molar-refractivity contribution in [2.45, 2.75) is 19.4 Å². The highest BCUT2D eigenvalue weighted by Gasteiger charge is 2.13. The van der Waals surface area contributed by atoms with Gasteiger partial charge in [0.1, 0.15) is 0 Å². The maximum absolute atomic E-state index is 12.1. The van der Waals surface area contributed by atoms with Crippen molar-refractivity contribution in [1.29, 1.82) is 0 Å². The smallest absolute Gasteiger partial charge is 0.223 e. The Morgan fingerprint density at radius 3 is 2.52 bits per heavy atom. The Balaban J connectivity index is 1.82. The van der Waals surface area contributed by atoms with Crippen LogP contribution in [0.15, 0.2) is 46.3 Å². The van der Waals surface area contributed by atoms with Crippen LogP contribution in [0.25, 0.3) is 0 Å². The molecule has 5 heteroatoms. The number of halogens is 1. The minimum atomic E-state index is -0.0104. The van der Waals surface area contributed by atoms with Crippen molar-refractivity contribution in [2.75, 3.05) is 7.05 Å². The summed E-state index contributed by atoms with van der Waals surface area (Å²) in [6.07, 6.45) is 0.498. The van der Waals surface area contributed by atoms with E-state index < -0.39 is 0 Å². The van der Waals surface area contributed by atoms with Gasteiger partial charge in [-0.2, -0.15) is 0 Å². The highest BCUT2D eigenvalue weighted by atomic mass is 79.9. The zero-order chi connectivity index (χ0) is 15.2. The van der Waals surface area contributed by atoms with E-state index in [0.29, 0.717) is 12.1 Å². The van der Waals surface area contributed by atoms with E-state index in [1.807, 2.05) is 29.6 Å². The minimum Gasteiger partial charge on any atom is -0.341 e. The summed E-state index contributed by atoms with van der Waals surface area (Å²) in [4.78, 5) is 26.8. The van der Waals surface area contributed by atoms with Gasteiger partial charge in [0.15, 0.2) is 5.78 Å². The zero-order valence-electron chi connectivity index (χ0n) is 11.7. The molecule has 1 amide bonds. The van der Waals surface area contributed by atoms with Crippen LogP contribution in [-0.4, -0.2) is 23.6 Å². The third-order valence-electron chi connectivity index (χ3n) is 3.10. The number of ketones is 1. The molecule has 2 rings (SSSR count). The van der Waals surface area contributed by atoms with Gasteiger partial charge in [-0.1, -0.05) is 30.3 Å². The van der Waals surface area contributed by atoms with Crippen LogP contribution >= 0.6 is 27.3 Å². The first-order valence-electron chi connectivity index (χ1n) is 6.61. The number of hydrogen-bond acceptors (Lipinski definition) is 3. The lowest BCUT2D eigenvalue weighted by Gasteiger charge is -2.15. The second-order valence-corrected chi connectivity index (χ2v) is 6.68. The summed E-state index contributed by atoms with van der Waals surface area (Å²) in [5, 5.41) is 1.99. The second-order valence-electron chi connectivity index (χ2n) is 4.77. The van der Waals surface area contributed by atoms with Gasteiger partial charge in [-0.25, -0.2) is 0 Å². The normalized spacial score (nSPS) is 10.4. The molecule has 0 fully saturated rings. The summed E-state index contributed by atoms with van der Waals surface area (Å²) in [5.74, 6) is 0.0000200. The van der Waals surface area contributed by atoms with E-state index in [1.165, 1.54) is 0 Å². The van der Waals surface area contributed by atoms with Gasteiger partial charge in [-0.3, -0.25) is 9.59 Å². The molecule has 0 saturated carbocycles. The number of rotatable bonds is 6. The summed E-state index contributed by atoms with van der Waals surface area (Å²) < 4.78 is 1.03. The number of carbonyl (C=O) groups is 2. The van der Waals surface area contributed by atoms with Crippen LogP contribution in [0.2, 0.25) is 0 Å². The molecule has 0 spiro atoms. The van der Waals surface area contributed by atoms with Crippen LogP contribution in [0.3, 0.4) is 0 Å². The number of carbonyl (C=O) groups excluding carboxylic acids is 2. The molecular weight excluding hydrogens is 350 g/mol. The van der Waals surface area contributed by atoms with Gasteiger partial charge >= 0.3 is 0 Å². The SMILES string of the molecule is CN(Cc1cc(Br)cs1)C(=O)CCC(=O)c1ccccc1. The van der Waals surface area contributed by atoms with Crippen LogP contribution in [-0.2, 0) is 11.3 Å². The van der Waals surface area contributed by atoms with Gasteiger partial charge in [0.2, 0.25) is 5.91 Å². The molecule has 0 bridgehead atoms. The van der Waals surface area contributed by atoms with E-state index >= 15 is 0 Å². The van der Waals surface area contributed by atoms with Crippen molar-refractivity contribution in [2.24, 2.45) is 0 Å². The fourth-order valence-electron chi connectivity index (χ4n) is 1.94. The molecule has 0 aliphatic carbocycles. The molecule has 0 unspecified atom stereocenters. The van der Waals surface area contributed by atoms with Crippen LogP contribution in [0.5, 0.6) is 0 Å². The molecule has 0 saturated heterocycles. The Morgan fingerprint density at radius 2 is 1.90 bits per heavy atom. The van der Waals surface area contributed by atoms with Crippen LogP contribution in [0.4, 0.5) is 0 Å². The number of amides is 1. The summed E-state index contributed by atoms with van der Waals surface area (Å²) in [6, 6.07) is 11.1. The molecule has 0 radical (unpaired) electrons. The number of thiophene rings is 1. The van der Waals surface area contributed by atoms with Gasteiger partial charge in [-0.15, -0.1) is 11.3 Å². The topological polar surface area (TPSA) is 37.4 Å². The molecule has 1 heterocycles. The van der Waals surface area contributed by atoms with Crippen molar-refractivity contribution in [3.8, 4) is 0 Å². The Morgan fingerprint density at radius 1 is 1.19 bits per heavy atom. The molecule has 21 heavy (non-hydrogen) atoms. The largest absolute Gasteiger partial charge is 0.341 e. The lowest BCUT2D eigenvalue weighted by molar-refractivity contribution is -0.130. The lowest BCUT2D eigenvalue weighted by Crippen LogP contribution is -2.26. The van der Waals surface area contributed by atoms with Crippen LogP contribution < -0.4 is 0 Å². The standard InChI is InChI=1S/C16H16BrNO2S/c1-18(10-14-9-13(17)11-21-14)16(20)8-7-15(19)12-5-3-2-4-6-12/h2-6,9,11H,7-8,10H2,1H3. The summed E-state index contributed by atoms with van der Waals surface area (Å²) >= 11 is 5.01. The van der Waals surface area contributed by atoms with E-state index in [9.17, 15) is 9.59 Å². The summed E-state index contributed by atoms with van der Waals surface area (Å²) in [5.41, 5.74) is 0.662. The van der Waals surface area contributed by atoms with Crippen molar-refractivity contribution in [3.05, 3.63) is 56.7 Å². The average molecular weight is 366 g/mol. The molecule has 0 N–H and O–H groups in total. The van der Waals surface area contributed by atoms with Crippen LogP contribution in [0, 0.1) is 0 Å². The fraction of sp³-hybridized carbons (Fsp3) is 0.250. The fourth-order valence-corrected chi connectivity index (χ4v) is 3.44. The summed E-state index contributed by atoms with van der Waals surface area (Å²) in [6.45, 7) is 0.578. The number of hydrogen-bond donors (Lipinski definition) is 0. The number of nitrogens with zero attached hydrogens (tertiary/aromatic N) is 1. The molecule has 110 valence electrons. The Hall–Kier alpha value is -1.46. The number of Topliss-reactive ketones (excluding diaryl/α,β-unsaturated/α-hetero) is 1. The van der Waals surface area contributed by atoms with Gasteiger partial charge in [-0.05, 0) is 22.0 Å². The minimum absolute atomic E-state index is 0.0104. The maximum Gasteiger partial charge on any atom is 0.223 e. The van der Waals surface area contributed by atoms with Crippen molar-refractivity contribution in [1.82, 2.24) is 4.90 Å².